The molecule has 2 N–H and O–H groups in total. The summed E-state index contributed by atoms with van der Waals surface area (Å²) < 4.78 is 0. The van der Waals surface area contributed by atoms with Crippen LogP contribution < -0.4 is 10.6 Å². The highest BCUT2D eigenvalue weighted by Gasteiger charge is 2.07. The van der Waals surface area contributed by atoms with Gasteiger partial charge in [0.15, 0.2) is 0 Å². The van der Waals surface area contributed by atoms with E-state index in [4.69, 9.17) is 5.73 Å². The van der Waals surface area contributed by atoms with E-state index in [2.05, 4.69) is 49.6 Å². The molecule has 0 spiro atoms. The molecule has 0 amide bonds. The first kappa shape index (κ1) is 14.8. The van der Waals surface area contributed by atoms with Gasteiger partial charge in [0.25, 0.3) is 0 Å². The SMILES string of the molecule is C=C(C)N(CCCCCC)c1cccc(CN)c1. The predicted molar refractivity (Wildman–Crippen MR) is 80.6 cm³/mol. The Kier molecular flexibility index (Phi) is 6.51. The van der Waals surface area contributed by atoms with Crippen molar-refractivity contribution in [2.75, 3.05) is 11.4 Å². The van der Waals surface area contributed by atoms with Crippen molar-refractivity contribution in [3.63, 3.8) is 0 Å². The third-order valence-corrected chi connectivity index (χ3v) is 3.15. The molecule has 0 heterocycles. The number of rotatable bonds is 8. The zero-order chi connectivity index (χ0) is 13.4. The zero-order valence-electron chi connectivity index (χ0n) is 11.8. The molecule has 18 heavy (non-hydrogen) atoms. The standard InChI is InChI=1S/C16H26N2/c1-4-5-6-7-11-18(14(2)3)16-10-8-9-15(12-16)13-17/h8-10,12H,2,4-7,11,13,17H2,1,3H3. The first-order valence-corrected chi connectivity index (χ1v) is 6.91. The number of hydrogen-bond donors (Lipinski definition) is 1. The van der Waals surface area contributed by atoms with Crippen LogP contribution >= 0.6 is 0 Å². The number of benzene rings is 1. The summed E-state index contributed by atoms with van der Waals surface area (Å²) in [6, 6.07) is 8.43. The van der Waals surface area contributed by atoms with Crippen molar-refractivity contribution in [1.82, 2.24) is 0 Å². The molecule has 1 aromatic carbocycles. The third kappa shape index (κ3) is 4.53. The highest BCUT2D eigenvalue weighted by molar-refractivity contribution is 5.52. The molecule has 0 fully saturated rings. The molecule has 1 aromatic rings. The lowest BCUT2D eigenvalue weighted by molar-refractivity contribution is 0.662. The van der Waals surface area contributed by atoms with Gasteiger partial charge >= 0.3 is 0 Å². The molecular weight excluding hydrogens is 220 g/mol. The van der Waals surface area contributed by atoms with Crippen molar-refractivity contribution >= 4 is 5.69 Å². The topological polar surface area (TPSA) is 29.3 Å². The van der Waals surface area contributed by atoms with E-state index in [0.29, 0.717) is 6.54 Å². The summed E-state index contributed by atoms with van der Waals surface area (Å²) in [4.78, 5) is 2.29. The average Bonchev–Trinajstić information content (AvgIpc) is 2.38. The quantitative estimate of drug-likeness (QED) is 0.701. The second kappa shape index (κ2) is 7.93. The molecule has 0 saturated carbocycles. The first-order chi connectivity index (χ1) is 8.69. The minimum absolute atomic E-state index is 0.591. The highest BCUT2D eigenvalue weighted by atomic mass is 15.1. The molecule has 0 aliphatic heterocycles. The number of nitrogens with zero attached hydrogens (tertiary/aromatic N) is 1. The van der Waals surface area contributed by atoms with Gasteiger partial charge in [-0.25, -0.2) is 0 Å². The fraction of sp³-hybridized carbons (Fsp3) is 0.500. The van der Waals surface area contributed by atoms with E-state index in [-0.39, 0.29) is 0 Å². The van der Waals surface area contributed by atoms with Crippen LogP contribution in [0.1, 0.15) is 45.1 Å². The minimum Gasteiger partial charge on any atom is -0.346 e. The van der Waals surface area contributed by atoms with Crippen LogP contribution in [0, 0.1) is 0 Å². The molecule has 2 heteroatoms. The van der Waals surface area contributed by atoms with Crippen molar-refractivity contribution in [3.05, 3.63) is 42.1 Å². The molecule has 0 radical (unpaired) electrons. The lowest BCUT2D eigenvalue weighted by Gasteiger charge is -2.25. The van der Waals surface area contributed by atoms with Crippen LogP contribution in [-0.4, -0.2) is 6.54 Å². The predicted octanol–water partition coefficient (Wildman–Crippen LogP) is 4.07. The van der Waals surface area contributed by atoms with Crippen molar-refractivity contribution < 1.29 is 0 Å². The molecule has 0 saturated heterocycles. The van der Waals surface area contributed by atoms with Crippen molar-refractivity contribution in [3.8, 4) is 0 Å². The van der Waals surface area contributed by atoms with E-state index in [1.165, 1.54) is 36.9 Å². The first-order valence-electron chi connectivity index (χ1n) is 6.91. The van der Waals surface area contributed by atoms with E-state index >= 15 is 0 Å². The molecule has 0 bridgehead atoms. The Morgan fingerprint density at radius 1 is 1.28 bits per heavy atom. The summed E-state index contributed by atoms with van der Waals surface area (Å²) in [6.45, 7) is 10.0. The summed E-state index contributed by atoms with van der Waals surface area (Å²) in [7, 11) is 0. The highest BCUT2D eigenvalue weighted by Crippen LogP contribution is 2.20. The Balaban J connectivity index is 2.68. The second-order valence-electron chi connectivity index (χ2n) is 4.82. The van der Waals surface area contributed by atoms with Crippen LogP contribution in [-0.2, 0) is 6.54 Å². The van der Waals surface area contributed by atoms with Crippen LogP contribution in [0.5, 0.6) is 0 Å². The Morgan fingerprint density at radius 3 is 2.67 bits per heavy atom. The van der Waals surface area contributed by atoms with Gasteiger partial charge in [-0.1, -0.05) is 44.9 Å². The van der Waals surface area contributed by atoms with Gasteiger partial charge in [0, 0.05) is 24.5 Å². The average molecular weight is 246 g/mol. The van der Waals surface area contributed by atoms with Crippen molar-refractivity contribution in [2.45, 2.75) is 46.1 Å². The van der Waals surface area contributed by atoms with E-state index in [1.54, 1.807) is 0 Å². The molecule has 0 aliphatic rings. The molecule has 0 atom stereocenters. The van der Waals surface area contributed by atoms with Crippen molar-refractivity contribution in [1.29, 1.82) is 0 Å². The van der Waals surface area contributed by atoms with Gasteiger partial charge in [0.05, 0.1) is 0 Å². The zero-order valence-corrected chi connectivity index (χ0v) is 11.8. The third-order valence-electron chi connectivity index (χ3n) is 3.15. The summed E-state index contributed by atoms with van der Waals surface area (Å²) in [5.74, 6) is 0. The van der Waals surface area contributed by atoms with E-state index < -0.39 is 0 Å². The van der Waals surface area contributed by atoms with Gasteiger partial charge in [0.1, 0.15) is 0 Å². The monoisotopic (exact) mass is 246 g/mol. The largest absolute Gasteiger partial charge is 0.346 e. The molecule has 1 rings (SSSR count). The van der Waals surface area contributed by atoms with Crippen LogP contribution in [0.15, 0.2) is 36.5 Å². The van der Waals surface area contributed by atoms with E-state index in [0.717, 1.165) is 12.2 Å². The summed E-state index contributed by atoms with van der Waals surface area (Å²) in [5, 5.41) is 0. The Labute approximate surface area is 111 Å². The fourth-order valence-corrected chi connectivity index (χ4v) is 2.09. The van der Waals surface area contributed by atoms with Gasteiger partial charge in [-0.15, -0.1) is 0 Å². The molecule has 100 valence electrons. The molecule has 0 aromatic heterocycles. The number of allylic oxidation sites excluding steroid dienone is 1. The smallest absolute Gasteiger partial charge is 0.0411 e. The van der Waals surface area contributed by atoms with E-state index in [1.807, 2.05) is 0 Å². The number of hydrogen-bond acceptors (Lipinski definition) is 2. The van der Waals surface area contributed by atoms with Gasteiger partial charge in [-0.3, -0.25) is 0 Å². The summed E-state index contributed by atoms with van der Waals surface area (Å²) in [6.07, 6.45) is 5.09. The number of unbranched alkanes of at least 4 members (excludes halogenated alkanes) is 3. The van der Waals surface area contributed by atoms with Crippen LogP contribution in [0.4, 0.5) is 5.69 Å². The van der Waals surface area contributed by atoms with Crippen LogP contribution in [0.2, 0.25) is 0 Å². The molecule has 2 nitrogen and oxygen atoms in total. The lowest BCUT2D eigenvalue weighted by Crippen LogP contribution is -2.21. The van der Waals surface area contributed by atoms with Crippen LogP contribution in [0.3, 0.4) is 0 Å². The lowest BCUT2D eigenvalue weighted by atomic mass is 10.1. The normalized spacial score (nSPS) is 10.4. The van der Waals surface area contributed by atoms with Gasteiger partial charge < -0.3 is 10.6 Å². The number of anilines is 1. The number of nitrogens with two attached hydrogens (primary N) is 1. The molecular formula is C16H26N2. The second-order valence-corrected chi connectivity index (χ2v) is 4.82. The maximum Gasteiger partial charge on any atom is 0.0411 e. The van der Waals surface area contributed by atoms with Gasteiger partial charge in [-0.2, -0.15) is 0 Å². The summed E-state index contributed by atoms with van der Waals surface area (Å²) in [5.41, 5.74) is 9.18. The molecule has 0 unspecified atom stereocenters. The van der Waals surface area contributed by atoms with E-state index in [9.17, 15) is 0 Å². The van der Waals surface area contributed by atoms with Crippen LogP contribution in [0.25, 0.3) is 0 Å². The Morgan fingerprint density at radius 2 is 2.06 bits per heavy atom. The Bertz CT molecular complexity index is 371. The maximum absolute atomic E-state index is 5.69. The minimum atomic E-state index is 0.591. The van der Waals surface area contributed by atoms with Gasteiger partial charge in [-0.05, 0) is 31.0 Å². The fourth-order valence-electron chi connectivity index (χ4n) is 2.09. The van der Waals surface area contributed by atoms with Gasteiger partial charge in [0.2, 0.25) is 0 Å². The molecule has 0 aliphatic carbocycles. The Hall–Kier alpha value is -1.28. The summed E-state index contributed by atoms with van der Waals surface area (Å²) >= 11 is 0. The van der Waals surface area contributed by atoms with Crippen molar-refractivity contribution in [2.24, 2.45) is 5.73 Å². The maximum atomic E-state index is 5.69.